The zero-order chi connectivity index (χ0) is 13.2. The highest BCUT2D eigenvalue weighted by atomic mass is 32.1. The minimum absolute atomic E-state index is 0.0249. The van der Waals surface area contributed by atoms with Crippen molar-refractivity contribution in [3.63, 3.8) is 0 Å². The van der Waals surface area contributed by atoms with Gasteiger partial charge in [0.2, 0.25) is 0 Å². The quantitative estimate of drug-likeness (QED) is 0.930. The van der Waals surface area contributed by atoms with Gasteiger partial charge in [0.25, 0.3) is 0 Å². The second kappa shape index (κ2) is 5.28. The summed E-state index contributed by atoms with van der Waals surface area (Å²) >= 11 is 1.55. The molecule has 0 amide bonds. The molecule has 0 fully saturated rings. The molecule has 1 aliphatic heterocycles. The summed E-state index contributed by atoms with van der Waals surface area (Å²) in [4.78, 5) is 7.74. The molecule has 2 aromatic rings. The number of hydrogen-bond donors (Lipinski definition) is 1. The molecule has 19 heavy (non-hydrogen) atoms. The van der Waals surface area contributed by atoms with Gasteiger partial charge in [-0.25, -0.2) is 4.98 Å². The largest absolute Gasteiger partial charge is 0.391 e. The standard InChI is InChI=1S/C14H16N2O2S/c1-18-9-12-13(8-17)19-14(15-12)16-6-10-4-2-3-5-11(10)7-16/h2-5,17H,6-9H2,1H3. The van der Waals surface area contributed by atoms with Gasteiger partial charge in [-0.15, -0.1) is 0 Å². The Morgan fingerprint density at radius 3 is 2.58 bits per heavy atom. The number of aliphatic hydroxyl groups excluding tert-OH is 1. The molecule has 0 saturated carbocycles. The summed E-state index contributed by atoms with van der Waals surface area (Å²) in [5.41, 5.74) is 3.56. The van der Waals surface area contributed by atoms with Crippen molar-refractivity contribution >= 4 is 16.5 Å². The SMILES string of the molecule is COCc1nc(N2Cc3ccccc3C2)sc1CO. The first kappa shape index (κ1) is 12.6. The maximum absolute atomic E-state index is 9.37. The zero-order valence-corrected chi connectivity index (χ0v) is 11.6. The third kappa shape index (κ3) is 2.36. The van der Waals surface area contributed by atoms with Crippen LogP contribution in [0, 0.1) is 0 Å². The van der Waals surface area contributed by atoms with Gasteiger partial charge >= 0.3 is 0 Å². The van der Waals surface area contributed by atoms with E-state index in [9.17, 15) is 5.11 Å². The van der Waals surface area contributed by atoms with Crippen molar-refractivity contribution in [2.24, 2.45) is 0 Å². The Balaban J connectivity index is 1.85. The summed E-state index contributed by atoms with van der Waals surface area (Å²) in [5, 5.41) is 10.3. The molecular formula is C14H16N2O2S. The Morgan fingerprint density at radius 1 is 1.32 bits per heavy atom. The number of rotatable bonds is 4. The number of nitrogens with zero attached hydrogens (tertiary/aromatic N) is 2. The number of benzene rings is 1. The Labute approximate surface area is 116 Å². The molecule has 4 nitrogen and oxygen atoms in total. The molecule has 0 spiro atoms. The van der Waals surface area contributed by atoms with E-state index in [1.54, 1.807) is 18.4 Å². The van der Waals surface area contributed by atoms with E-state index < -0.39 is 0 Å². The van der Waals surface area contributed by atoms with E-state index in [0.717, 1.165) is 28.8 Å². The highest BCUT2D eigenvalue weighted by Gasteiger charge is 2.22. The Bertz CT molecular complexity index is 558. The fourth-order valence-electron chi connectivity index (χ4n) is 2.35. The monoisotopic (exact) mass is 276 g/mol. The van der Waals surface area contributed by atoms with Crippen LogP contribution in [-0.2, 0) is 31.0 Å². The maximum atomic E-state index is 9.37. The third-order valence-corrected chi connectivity index (χ3v) is 4.45. The van der Waals surface area contributed by atoms with E-state index in [2.05, 4.69) is 34.1 Å². The summed E-state index contributed by atoms with van der Waals surface area (Å²) in [7, 11) is 1.64. The molecule has 1 aromatic heterocycles. The van der Waals surface area contributed by atoms with Crippen molar-refractivity contribution in [2.45, 2.75) is 26.3 Å². The van der Waals surface area contributed by atoms with Crippen LogP contribution in [0.1, 0.15) is 21.7 Å². The van der Waals surface area contributed by atoms with E-state index >= 15 is 0 Å². The fraction of sp³-hybridized carbons (Fsp3) is 0.357. The van der Waals surface area contributed by atoms with Gasteiger partial charge in [-0.3, -0.25) is 0 Å². The number of aromatic nitrogens is 1. The molecule has 0 bridgehead atoms. The van der Waals surface area contributed by atoms with Crippen LogP contribution < -0.4 is 4.90 Å². The van der Waals surface area contributed by atoms with Gasteiger partial charge in [-0.2, -0.15) is 0 Å². The van der Waals surface area contributed by atoms with E-state index in [1.807, 2.05) is 0 Å². The van der Waals surface area contributed by atoms with E-state index in [1.165, 1.54) is 11.1 Å². The van der Waals surface area contributed by atoms with Crippen molar-refractivity contribution in [1.29, 1.82) is 0 Å². The molecule has 3 rings (SSSR count). The van der Waals surface area contributed by atoms with Gasteiger partial charge in [0, 0.05) is 20.2 Å². The molecule has 0 unspecified atom stereocenters. The van der Waals surface area contributed by atoms with Gasteiger partial charge in [-0.1, -0.05) is 35.6 Å². The van der Waals surface area contributed by atoms with Crippen molar-refractivity contribution in [3.05, 3.63) is 46.0 Å². The molecule has 2 heterocycles. The van der Waals surface area contributed by atoms with Crippen LogP contribution in [0.2, 0.25) is 0 Å². The Kier molecular flexibility index (Phi) is 3.50. The first-order valence-corrected chi connectivity index (χ1v) is 7.03. The van der Waals surface area contributed by atoms with E-state index in [0.29, 0.717) is 6.61 Å². The zero-order valence-electron chi connectivity index (χ0n) is 10.8. The van der Waals surface area contributed by atoms with Crippen molar-refractivity contribution in [1.82, 2.24) is 4.98 Å². The van der Waals surface area contributed by atoms with Crippen LogP contribution in [0.5, 0.6) is 0 Å². The highest BCUT2D eigenvalue weighted by molar-refractivity contribution is 7.15. The smallest absolute Gasteiger partial charge is 0.186 e. The molecule has 1 aliphatic rings. The molecule has 0 radical (unpaired) electrons. The summed E-state index contributed by atoms with van der Waals surface area (Å²) in [6, 6.07) is 8.46. The molecule has 0 saturated heterocycles. The average Bonchev–Trinajstić information content (AvgIpc) is 3.02. The highest BCUT2D eigenvalue weighted by Crippen LogP contribution is 2.33. The summed E-state index contributed by atoms with van der Waals surface area (Å²) in [6.07, 6.45) is 0. The molecule has 0 aliphatic carbocycles. The van der Waals surface area contributed by atoms with Gasteiger partial charge in [0.15, 0.2) is 5.13 Å². The summed E-state index contributed by atoms with van der Waals surface area (Å²) in [5.74, 6) is 0. The second-order valence-corrected chi connectivity index (χ2v) is 5.64. The normalized spacial score (nSPS) is 13.9. The second-order valence-electron chi connectivity index (χ2n) is 4.58. The molecule has 0 atom stereocenters. The van der Waals surface area contributed by atoms with Gasteiger partial charge in [-0.05, 0) is 11.1 Å². The minimum atomic E-state index is 0.0249. The summed E-state index contributed by atoms with van der Waals surface area (Å²) < 4.78 is 5.12. The van der Waals surface area contributed by atoms with Crippen LogP contribution in [0.15, 0.2) is 24.3 Å². The Hall–Kier alpha value is -1.43. The average molecular weight is 276 g/mol. The van der Waals surface area contributed by atoms with Crippen LogP contribution in [0.4, 0.5) is 5.13 Å². The molecule has 1 aromatic carbocycles. The van der Waals surface area contributed by atoms with Crippen molar-refractivity contribution in [2.75, 3.05) is 12.0 Å². The van der Waals surface area contributed by atoms with Gasteiger partial charge in [0.1, 0.15) is 0 Å². The van der Waals surface area contributed by atoms with Gasteiger partial charge in [0.05, 0.1) is 23.8 Å². The lowest BCUT2D eigenvalue weighted by Gasteiger charge is -2.12. The number of aliphatic hydroxyl groups is 1. The molecule has 1 N–H and O–H groups in total. The number of thiazole rings is 1. The molecule has 5 heteroatoms. The predicted molar refractivity (Wildman–Crippen MR) is 75.1 cm³/mol. The van der Waals surface area contributed by atoms with Crippen molar-refractivity contribution < 1.29 is 9.84 Å². The van der Waals surface area contributed by atoms with Crippen LogP contribution >= 0.6 is 11.3 Å². The molecular weight excluding hydrogens is 260 g/mol. The lowest BCUT2D eigenvalue weighted by atomic mass is 10.1. The number of ether oxygens (including phenoxy) is 1. The van der Waals surface area contributed by atoms with Crippen molar-refractivity contribution in [3.8, 4) is 0 Å². The number of fused-ring (bicyclic) bond motifs is 1. The minimum Gasteiger partial charge on any atom is -0.391 e. The van der Waals surface area contributed by atoms with Crippen LogP contribution in [0.25, 0.3) is 0 Å². The van der Waals surface area contributed by atoms with E-state index in [4.69, 9.17) is 4.74 Å². The lowest BCUT2D eigenvalue weighted by molar-refractivity contribution is 0.179. The van der Waals surface area contributed by atoms with Crippen LogP contribution in [0.3, 0.4) is 0 Å². The Morgan fingerprint density at radius 2 is 2.00 bits per heavy atom. The lowest BCUT2D eigenvalue weighted by Crippen LogP contribution is -2.14. The fourth-order valence-corrected chi connectivity index (χ4v) is 3.27. The summed E-state index contributed by atoms with van der Waals surface area (Å²) in [6.45, 7) is 2.26. The number of anilines is 1. The maximum Gasteiger partial charge on any atom is 0.186 e. The number of hydrogen-bond acceptors (Lipinski definition) is 5. The first-order chi connectivity index (χ1) is 9.31. The topological polar surface area (TPSA) is 45.6 Å². The van der Waals surface area contributed by atoms with Crippen LogP contribution in [-0.4, -0.2) is 17.2 Å². The van der Waals surface area contributed by atoms with Gasteiger partial charge < -0.3 is 14.7 Å². The molecule has 100 valence electrons. The predicted octanol–water partition coefficient (Wildman–Crippen LogP) is 2.30. The first-order valence-electron chi connectivity index (χ1n) is 6.22. The number of methoxy groups -OCH3 is 1. The third-order valence-electron chi connectivity index (χ3n) is 3.30. The van der Waals surface area contributed by atoms with E-state index in [-0.39, 0.29) is 6.61 Å².